The van der Waals surface area contributed by atoms with E-state index in [4.69, 9.17) is 0 Å². The lowest BCUT2D eigenvalue weighted by molar-refractivity contribution is -0.384. The van der Waals surface area contributed by atoms with Gasteiger partial charge in [-0.2, -0.15) is 0 Å². The molecule has 0 atom stereocenters. The molecular weight excluding hydrogens is 422 g/mol. The molecule has 114 valence electrons. The van der Waals surface area contributed by atoms with Crippen LogP contribution in [0.4, 0.5) is 5.69 Å². The van der Waals surface area contributed by atoms with E-state index in [-0.39, 0.29) is 10.6 Å². The van der Waals surface area contributed by atoms with Crippen LogP contribution in [-0.2, 0) is 0 Å². The Hall–Kier alpha value is -1.98. The van der Waals surface area contributed by atoms with Crippen molar-refractivity contribution in [3.05, 3.63) is 85.8 Å². The minimum absolute atomic E-state index is 0.0878. The van der Waals surface area contributed by atoms with Gasteiger partial charge >= 0.3 is 0 Å². The van der Waals surface area contributed by atoms with Gasteiger partial charge in [-0.3, -0.25) is 10.1 Å². The molecule has 0 amide bonds. The summed E-state index contributed by atoms with van der Waals surface area (Å²) >= 11 is 7.10. The van der Waals surface area contributed by atoms with Crippen LogP contribution in [0.15, 0.2) is 75.7 Å². The second kappa shape index (κ2) is 6.64. The highest BCUT2D eigenvalue weighted by atomic mass is 79.9. The average molecular weight is 433 g/mol. The fourth-order valence-electron chi connectivity index (χ4n) is 2.46. The maximum atomic E-state index is 10.8. The Bertz CT molecular complexity index is 876. The van der Waals surface area contributed by atoms with Crippen LogP contribution in [0, 0.1) is 10.1 Å². The molecule has 5 heteroatoms. The van der Waals surface area contributed by atoms with Crippen molar-refractivity contribution in [3.8, 4) is 22.3 Å². The molecule has 0 N–H and O–H groups in total. The Labute approximate surface area is 150 Å². The Morgan fingerprint density at radius 2 is 1.52 bits per heavy atom. The summed E-state index contributed by atoms with van der Waals surface area (Å²) in [5.41, 5.74) is 4.17. The monoisotopic (exact) mass is 431 g/mol. The lowest BCUT2D eigenvalue weighted by Crippen LogP contribution is -1.90. The van der Waals surface area contributed by atoms with Crippen molar-refractivity contribution in [3.63, 3.8) is 0 Å². The zero-order valence-corrected chi connectivity index (χ0v) is 15.0. The third-order valence-corrected chi connectivity index (χ3v) is 4.67. The molecular formula is C18H11Br2NO2. The molecule has 0 saturated carbocycles. The molecule has 0 saturated heterocycles. The number of halogens is 2. The highest BCUT2D eigenvalue weighted by Crippen LogP contribution is 2.38. The lowest BCUT2D eigenvalue weighted by atomic mass is 9.94. The van der Waals surface area contributed by atoms with Gasteiger partial charge in [-0.25, -0.2) is 0 Å². The first-order valence-corrected chi connectivity index (χ1v) is 8.44. The van der Waals surface area contributed by atoms with Gasteiger partial charge in [0.1, 0.15) is 0 Å². The fraction of sp³-hybridized carbons (Fsp3) is 0. The van der Waals surface area contributed by atoms with Crippen molar-refractivity contribution in [2.75, 3.05) is 0 Å². The molecule has 0 aliphatic rings. The quantitative estimate of drug-likeness (QED) is 0.352. The molecule has 0 bridgehead atoms. The molecule has 23 heavy (non-hydrogen) atoms. The van der Waals surface area contributed by atoms with Gasteiger partial charge in [0.25, 0.3) is 5.69 Å². The first-order valence-electron chi connectivity index (χ1n) is 6.85. The largest absolute Gasteiger partial charge is 0.269 e. The van der Waals surface area contributed by atoms with Crippen molar-refractivity contribution in [1.29, 1.82) is 0 Å². The molecule has 0 unspecified atom stereocenters. The average Bonchev–Trinajstić information content (AvgIpc) is 2.55. The Morgan fingerprint density at radius 1 is 0.826 bits per heavy atom. The van der Waals surface area contributed by atoms with Crippen LogP contribution in [0.25, 0.3) is 22.3 Å². The smallest absolute Gasteiger partial charge is 0.258 e. The molecule has 0 radical (unpaired) electrons. The van der Waals surface area contributed by atoms with Crippen molar-refractivity contribution in [1.82, 2.24) is 0 Å². The van der Waals surface area contributed by atoms with Gasteiger partial charge in [-0.15, -0.1) is 0 Å². The van der Waals surface area contributed by atoms with Gasteiger partial charge in [0, 0.05) is 26.6 Å². The van der Waals surface area contributed by atoms with Crippen molar-refractivity contribution in [2.24, 2.45) is 0 Å². The lowest BCUT2D eigenvalue weighted by Gasteiger charge is -2.12. The van der Waals surface area contributed by atoms with Crippen LogP contribution in [0.5, 0.6) is 0 Å². The second-order valence-corrected chi connectivity index (χ2v) is 6.75. The van der Waals surface area contributed by atoms with Crippen LogP contribution in [0.2, 0.25) is 0 Å². The Balaban J connectivity index is 2.17. The zero-order chi connectivity index (χ0) is 16.4. The van der Waals surface area contributed by atoms with Crippen LogP contribution in [-0.4, -0.2) is 4.92 Å². The normalized spacial score (nSPS) is 10.5. The first kappa shape index (κ1) is 15.9. The SMILES string of the molecule is O=[N+]([O-])c1ccc(-c2c(Br)cccc2-c2cccc(Br)c2)cc1. The topological polar surface area (TPSA) is 43.1 Å². The molecule has 3 nitrogen and oxygen atoms in total. The number of nitro benzene ring substituents is 1. The summed E-state index contributed by atoms with van der Waals surface area (Å²) in [6, 6.07) is 20.7. The molecule has 0 aliphatic carbocycles. The summed E-state index contributed by atoms with van der Waals surface area (Å²) in [6.07, 6.45) is 0. The third kappa shape index (κ3) is 3.35. The number of nitrogens with zero attached hydrogens (tertiary/aromatic N) is 1. The molecule has 0 aromatic heterocycles. The summed E-state index contributed by atoms with van der Waals surface area (Å²) in [5.74, 6) is 0. The van der Waals surface area contributed by atoms with E-state index in [1.807, 2.05) is 36.4 Å². The first-order chi connectivity index (χ1) is 11.1. The molecule has 3 aromatic carbocycles. The van der Waals surface area contributed by atoms with Gasteiger partial charge < -0.3 is 0 Å². The second-order valence-electron chi connectivity index (χ2n) is 4.98. The Kier molecular flexibility index (Phi) is 4.59. The van der Waals surface area contributed by atoms with Gasteiger partial charge in [0.2, 0.25) is 0 Å². The highest BCUT2D eigenvalue weighted by molar-refractivity contribution is 9.10. The fourth-order valence-corrected chi connectivity index (χ4v) is 3.46. The molecule has 0 spiro atoms. The van der Waals surface area contributed by atoms with E-state index in [1.165, 1.54) is 12.1 Å². The maximum absolute atomic E-state index is 10.8. The van der Waals surface area contributed by atoms with Gasteiger partial charge in [0.05, 0.1) is 4.92 Å². The van der Waals surface area contributed by atoms with Crippen LogP contribution in [0.1, 0.15) is 0 Å². The highest BCUT2D eigenvalue weighted by Gasteiger charge is 2.13. The van der Waals surface area contributed by atoms with E-state index in [0.717, 1.165) is 31.2 Å². The Morgan fingerprint density at radius 3 is 2.17 bits per heavy atom. The van der Waals surface area contributed by atoms with E-state index in [0.29, 0.717) is 0 Å². The molecule has 3 rings (SSSR count). The summed E-state index contributed by atoms with van der Waals surface area (Å²) in [7, 11) is 0. The number of rotatable bonds is 3. The third-order valence-electron chi connectivity index (χ3n) is 3.52. The summed E-state index contributed by atoms with van der Waals surface area (Å²) < 4.78 is 1.95. The van der Waals surface area contributed by atoms with Gasteiger partial charge in [-0.1, -0.05) is 56.1 Å². The van der Waals surface area contributed by atoms with E-state index in [2.05, 4.69) is 37.9 Å². The van der Waals surface area contributed by atoms with E-state index in [9.17, 15) is 10.1 Å². The molecule has 0 heterocycles. The zero-order valence-electron chi connectivity index (χ0n) is 11.9. The van der Waals surface area contributed by atoms with E-state index < -0.39 is 0 Å². The number of nitro groups is 1. The van der Waals surface area contributed by atoms with Gasteiger partial charge in [0.15, 0.2) is 0 Å². The number of benzene rings is 3. The predicted octanol–water partition coefficient (Wildman–Crippen LogP) is 6.45. The summed E-state index contributed by atoms with van der Waals surface area (Å²) in [4.78, 5) is 10.4. The minimum atomic E-state index is -0.390. The summed E-state index contributed by atoms with van der Waals surface area (Å²) in [5, 5.41) is 10.8. The van der Waals surface area contributed by atoms with Crippen LogP contribution >= 0.6 is 31.9 Å². The van der Waals surface area contributed by atoms with E-state index in [1.54, 1.807) is 12.1 Å². The summed E-state index contributed by atoms with van der Waals surface area (Å²) in [6.45, 7) is 0. The van der Waals surface area contributed by atoms with Crippen LogP contribution < -0.4 is 0 Å². The number of hydrogen-bond acceptors (Lipinski definition) is 2. The number of non-ortho nitro benzene ring substituents is 1. The predicted molar refractivity (Wildman–Crippen MR) is 99.4 cm³/mol. The molecule has 3 aromatic rings. The van der Waals surface area contributed by atoms with Crippen LogP contribution in [0.3, 0.4) is 0 Å². The van der Waals surface area contributed by atoms with E-state index >= 15 is 0 Å². The van der Waals surface area contributed by atoms with Gasteiger partial charge in [-0.05, 0) is 47.0 Å². The van der Waals surface area contributed by atoms with Crippen molar-refractivity contribution >= 4 is 37.5 Å². The molecule has 0 fully saturated rings. The standard InChI is InChI=1S/C18H11Br2NO2/c19-14-4-1-3-13(11-14)16-5-2-6-17(20)18(16)12-7-9-15(10-8-12)21(22)23/h1-11H. The minimum Gasteiger partial charge on any atom is -0.258 e. The molecule has 0 aliphatic heterocycles. The number of hydrogen-bond donors (Lipinski definition) is 0. The van der Waals surface area contributed by atoms with Crippen molar-refractivity contribution in [2.45, 2.75) is 0 Å². The van der Waals surface area contributed by atoms with Crippen molar-refractivity contribution < 1.29 is 4.92 Å². The maximum Gasteiger partial charge on any atom is 0.269 e.